The van der Waals surface area contributed by atoms with Gasteiger partial charge in [0.15, 0.2) is 11.6 Å². The van der Waals surface area contributed by atoms with Crippen LogP contribution in [0.4, 0.5) is 12.0 Å². The van der Waals surface area contributed by atoms with E-state index in [-0.39, 0.29) is 18.2 Å². The van der Waals surface area contributed by atoms with Crippen LogP contribution in [0.25, 0.3) is 0 Å². The second kappa shape index (κ2) is 10.2. The molecule has 0 aromatic carbocycles. The van der Waals surface area contributed by atoms with Crippen LogP contribution in [0.15, 0.2) is 29.3 Å². The van der Waals surface area contributed by atoms with Gasteiger partial charge in [0, 0.05) is 44.8 Å². The summed E-state index contributed by atoms with van der Waals surface area (Å²) in [6, 6.07) is 0.715. The summed E-state index contributed by atoms with van der Waals surface area (Å²) < 4.78 is 13.6. The first-order valence-electron chi connectivity index (χ1n) is 12.6. The van der Waals surface area contributed by atoms with Crippen molar-refractivity contribution in [3.05, 3.63) is 36.2 Å². The molecule has 3 aromatic rings. The van der Waals surface area contributed by atoms with E-state index in [1.807, 2.05) is 17.8 Å². The smallest absolute Gasteiger partial charge is 0.324 e. The van der Waals surface area contributed by atoms with Crippen LogP contribution in [0.2, 0.25) is 0 Å². The zero-order valence-electron chi connectivity index (χ0n) is 20.7. The van der Waals surface area contributed by atoms with Crippen molar-refractivity contribution in [2.45, 2.75) is 64.6 Å². The number of hydrogen-bond acceptors (Lipinski definition) is 10. The van der Waals surface area contributed by atoms with Crippen LogP contribution in [-0.4, -0.2) is 68.2 Å². The maximum absolute atomic E-state index is 6.42. The van der Waals surface area contributed by atoms with Gasteiger partial charge < -0.3 is 24.8 Å². The number of nitrogens with zero attached hydrogens (tertiary/aromatic N) is 8. The Hall–Kier alpha value is -3.21. The Labute approximate surface area is 205 Å². The van der Waals surface area contributed by atoms with Crippen molar-refractivity contribution in [1.29, 1.82) is 0 Å². The number of ether oxygens (including phenoxy) is 1. The summed E-state index contributed by atoms with van der Waals surface area (Å²) in [7, 11) is 0. The summed E-state index contributed by atoms with van der Waals surface area (Å²) in [4.78, 5) is 17.9. The van der Waals surface area contributed by atoms with E-state index in [0.29, 0.717) is 30.2 Å². The van der Waals surface area contributed by atoms with E-state index in [2.05, 4.69) is 55.1 Å². The lowest BCUT2D eigenvalue weighted by molar-refractivity contribution is 0.131. The van der Waals surface area contributed by atoms with Crippen molar-refractivity contribution in [3.63, 3.8) is 0 Å². The average Bonchev–Trinajstić information content (AvgIpc) is 3.64. The fourth-order valence-electron chi connectivity index (χ4n) is 4.92. The number of aromatic nitrogens is 6. The molecule has 35 heavy (non-hydrogen) atoms. The predicted molar refractivity (Wildman–Crippen MR) is 132 cm³/mol. The van der Waals surface area contributed by atoms with E-state index in [1.165, 1.54) is 5.56 Å². The van der Waals surface area contributed by atoms with Crippen LogP contribution >= 0.6 is 0 Å². The summed E-state index contributed by atoms with van der Waals surface area (Å²) in [5, 5.41) is 8.50. The van der Waals surface area contributed by atoms with Gasteiger partial charge in [0.2, 0.25) is 5.95 Å². The monoisotopic (exact) mass is 481 g/mol. The Bertz CT molecular complexity index is 1090. The Morgan fingerprint density at radius 2 is 1.86 bits per heavy atom. The summed E-state index contributed by atoms with van der Waals surface area (Å²) in [6.45, 7) is 9.46. The van der Waals surface area contributed by atoms with Crippen molar-refractivity contribution in [2.75, 3.05) is 36.0 Å². The fraction of sp³-hybridized carbons (Fsp3) is 0.625. The van der Waals surface area contributed by atoms with Crippen LogP contribution in [0, 0.1) is 5.92 Å². The first-order chi connectivity index (χ1) is 17.0. The van der Waals surface area contributed by atoms with Crippen LogP contribution in [0.5, 0.6) is 5.75 Å². The number of piperidine rings is 1. The molecule has 0 saturated carbocycles. The Balaban J connectivity index is 1.13. The minimum Gasteiger partial charge on any atom is -0.487 e. The molecular formula is C24H35N9O2. The Morgan fingerprint density at radius 3 is 2.51 bits per heavy atom. The molecule has 2 aliphatic rings. The van der Waals surface area contributed by atoms with Gasteiger partial charge in [-0.25, -0.2) is 9.97 Å². The van der Waals surface area contributed by atoms with Crippen molar-refractivity contribution in [2.24, 2.45) is 11.7 Å². The highest BCUT2D eigenvalue weighted by molar-refractivity contribution is 5.35. The second-order valence-electron chi connectivity index (χ2n) is 9.53. The maximum Gasteiger partial charge on any atom is 0.324 e. The summed E-state index contributed by atoms with van der Waals surface area (Å²) >= 11 is 0. The number of aryl methyl sites for hydroxylation is 2. The normalized spacial score (nSPS) is 22.1. The molecule has 0 bridgehead atoms. The molecule has 2 saturated heterocycles. The van der Waals surface area contributed by atoms with Crippen LogP contribution < -0.4 is 20.3 Å². The molecule has 0 aliphatic carbocycles. The van der Waals surface area contributed by atoms with Crippen LogP contribution in [0.3, 0.4) is 0 Å². The molecular weight excluding hydrogens is 446 g/mol. The number of anilines is 2. The molecule has 3 aromatic heterocycles. The zero-order chi connectivity index (χ0) is 24.4. The largest absolute Gasteiger partial charge is 0.487 e. The second-order valence-corrected chi connectivity index (χ2v) is 9.53. The highest BCUT2D eigenvalue weighted by Crippen LogP contribution is 2.28. The lowest BCUT2D eigenvalue weighted by Crippen LogP contribution is -2.38. The number of nitrogens with two attached hydrogens (primary N) is 1. The van der Waals surface area contributed by atoms with Gasteiger partial charge in [-0.3, -0.25) is 4.68 Å². The molecule has 5 rings (SSSR count). The topological polar surface area (TPSA) is 124 Å². The molecule has 0 unspecified atom stereocenters. The molecule has 5 heterocycles. The van der Waals surface area contributed by atoms with Crippen molar-refractivity contribution >= 4 is 12.0 Å². The lowest BCUT2D eigenvalue weighted by atomic mass is 9.92. The summed E-state index contributed by atoms with van der Waals surface area (Å²) in [5.41, 5.74) is 7.64. The molecule has 2 fully saturated rings. The molecule has 2 N–H and O–H groups in total. The van der Waals surface area contributed by atoms with Crippen LogP contribution in [-0.2, 0) is 12.8 Å². The van der Waals surface area contributed by atoms with E-state index in [4.69, 9.17) is 15.0 Å². The minimum atomic E-state index is -0.0225. The third kappa shape index (κ3) is 5.09. The molecule has 188 valence electrons. The number of hydrogen-bond donors (Lipinski definition) is 1. The van der Waals surface area contributed by atoms with Gasteiger partial charge in [-0.1, -0.05) is 19.0 Å². The first-order valence-corrected chi connectivity index (χ1v) is 12.6. The number of rotatable bonds is 8. The summed E-state index contributed by atoms with van der Waals surface area (Å²) in [5.74, 6) is 2.55. The van der Waals surface area contributed by atoms with E-state index < -0.39 is 0 Å². The fourth-order valence-corrected chi connectivity index (χ4v) is 4.92. The average molecular weight is 482 g/mol. The van der Waals surface area contributed by atoms with Crippen molar-refractivity contribution in [1.82, 2.24) is 29.9 Å². The standard InChI is InChI=1S/C24H35N9O2/c1-4-17-10-28-33(13-17)21-15-32(14-20(21)25)23-26-11-19(12-27-23)34-16(3)18-6-8-31(9-7-18)24-29-22(5-2)30-35-24/h10-13,16,18,20-21H,4-9,14-15,25H2,1-3H3/t16-,20-,21-/m0/s1. The summed E-state index contributed by atoms with van der Waals surface area (Å²) in [6.07, 6.45) is 11.3. The van der Waals surface area contributed by atoms with Gasteiger partial charge in [0.1, 0.15) is 0 Å². The molecule has 11 nitrogen and oxygen atoms in total. The Kier molecular flexibility index (Phi) is 6.85. The van der Waals surface area contributed by atoms with Crippen molar-refractivity contribution < 1.29 is 9.26 Å². The molecule has 0 spiro atoms. The van der Waals surface area contributed by atoms with E-state index >= 15 is 0 Å². The predicted octanol–water partition coefficient (Wildman–Crippen LogP) is 2.25. The van der Waals surface area contributed by atoms with E-state index in [1.54, 1.807) is 12.4 Å². The lowest BCUT2D eigenvalue weighted by Gasteiger charge is -2.33. The van der Waals surface area contributed by atoms with E-state index in [9.17, 15) is 0 Å². The van der Waals surface area contributed by atoms with Crippen molar-refractivity contribution in [3.8, 4) is 5.75 Å². The van der Waals surface area contributed by atoms with Gasteiger partial charge in [0.25, 0.3) is 0 Å². The first kappa shape index (κ1) is 23.5. The molecule has 3 atom stereocenters. The Morgan fingerprint density at radius 1 is 1.09 bits per heavy atom. The quantitative estimate of drug-likeness (QED) is 0.512. The van der Waals surface area contributed by atoms with Gasteiger partial charge in [-0.15, -0.1) is 0 Å². The van der Waals surface area contributed by atoms with Crippen LogP contribution in [0.1, 0.15) is 51.0 Å². The third-order valence-electron chi connectivity index (χ3n) is 7.20. The van der Waals surface area contributed by atoms with Gasteiger partial charge in [-0.2, -0.15) is 10.1 Å². The highest BCUT2D eigenvalue weighted by atomic mass is 16.5. The molecule has 2 aliphatic heterocycles. The van der Waals surface area contributed by atoms with Gasteiger partial charge in [0.05, 0.1) is 30.7 Å². The zero-order valence-corrected chi connectivity index (χ0v) is 20.7. The van der Waals surface area contributed by atoms with E-state index in [0.717, 1.165) is 51.1 Å². The maximum atomic E-state index is 6.42. The molecule has 0 radical (unpaired) electrons. The molecule has 0 amide bonds. The highest BCUT2D eigenvalue weighted by Gasteiger charge is 2.33. The van der Waals surface area contributed by atoms with Gasteiger partial charge >= 0.3 is 6.01 Å². The SMILES string of the molecule is CCc1cnn([C@H]2CN(c3ncc(O[C@@H](C)C4CCN(c5nc(CC)no5)CC4)cn3)C[C@@H]2N)c1. The third-order valence-corrected chi connectivity index (χ3v) is 7.20. The van der Waals surface area contributed by atoms with Gasteiger partial charge in [-0.05, 0) is 37.7 Å². The molecule has 11 heteroatoms. The minimum absolute atomic E-state index is 0.0225.